The van der Waals surface area contributed by atoms with Gasteiger partial charge in [-0.05, 0) is 6.07 Å². The smallest absolute Gasteiger partial charge is 0.0622 e. The van der Waals surface area contributed by atoms with E-state index in [0.29, 0.717) is 6.04 Å². The summed E-state index contributed by atoms with van der Waals surface area (Å²) in [7, 11) is 0. The fourth-order valence-corrected chi connectivity index (χ4v) is 0.304. The Morgan fingerprint density at radius 2 is 2.33 bits per heavy atom. The summed E-state index contributed by atoms with van der Waals surface area (Å²) >= 11 is 0. The monoisotopic (exact) mass is 78.0 g/mol. The van der Waals surface area contributed by atoms with E-state index in [1.54, 1.807) is 12.1 Å². The third kappa shape index (κ3) is 0.582. The number of hydrogen-bond donors (Lipinski definition) is 0. The molecule has 0 unspecified atom stereocenters. The standard InChI is InChI=1S/C6H5/c1-2-4-6-5-3-1/h1-5H/i4D. The molecule has 0 heterocycles. The summed E-state index contributed by atoms with van der Waals surface area (Å²) in [5, 5.41) is 0. The first-order valence-electron chi connectivity index (χ1n) is 2.33. The molecule has 0 aliphatic rings. The molecule has 0 saturated heterocycles. The minimum atomic E-state index is 0.447. The molecule has 1 aromatic carbocycles. The van der Waals surface area contributed by atoms with Gasteiger partial charge >= 0.3 is 0 Å². The molecule has 0 atom stereocenters. The second-order valence-corrected chi connectivity index (χ2v) is 1.01. The molecule has 1 rings (SSSR count). The molecule has 29 valence electrons. The minimum Gasteiger partial charge on any atom is -0.0622 e. The van der Waals surface area contributed by atoms with E-state index < -0.39 is 0 Å². The molecule has 0 aliphatic heterocycles. The zero-order valence-electron chi connectivity index (χ0n) is 4.31. The lowest BCUT2D eigenvalue weighted by Crippen LogP contribution is -1.49. The fourth-order valence-electron chi connectivity index (χ4n) is 0.304. The average Bonchev–Trinajstić information content (AvgIpc) is 1.69. The van der Waals surface area contributed by atoms with Crippen LogP contribution in [0.4, 0.5) is 0 Å². The first kappa shape index (κ1) is 2.40. The quantitative estimate of drug-likeness (QED) is 0.441. The zero-order chi connectivity index (χ0) is 5.11. The van der Waals surface area contributed by atoms with Crippen LogP contribution in [-0.4, -0.2) is 0 Å². The lowest BCUT2D eigenvalue weighted by Gasteiger charge is -1.68. The van der Waals surface area contributed by atoms with Crippen LogP contribution in [0.1, 0.15) is 1.37 Å². The first-order valence-corrected chi connectivity index (χ1v) is 1.83. The summed E-state index contributed by atoms with van der Waals surface area (Å²) in [6, 6.07) is 10.2. The maximum Gasteiger partial charge on any atom is 0.0629 e. The second kappa shape index (κ2) is 1.61. The van der Waals surface area contributed by atoms with Gasteiger partial charge in [-0.1, -0.05) is 30.3 Å². The normalized spacial score (nSPS) is 10.3. The number of hydrogen-bond acceptors (Lipinski definition) is 0. The highest BCUT2D eigenvalue weighted by atomic mass is 13.6. The van der Waals surface area contributed by atoms with Gasteiger partial charge in [0.1, 0.15) is 0 Å². The van der Waals surface area contributed by atoms with Gasteiger partial charge in [0.05, 0.1) is 1.37 Å². The molecule has 0 fully saturated rings. The maximum absolute atomic E-state index is 6.94. The molecular formula is C6H5. The third-order valence-corrected chi connectivity index (χ3v) is 0.554. The van der Waals surface area contributed by atoms with E-state index in [0.717, 1.165) is 0 Å². The predicted octanol–water partition coefficient (Wildman–Crippen LogP) is 1.49. The topological polar surface area (TPSA) is 0 Å². The van der Waals surface area contributed by atoms with Crippen LogP contribution >= 0.6 is 0 Å². The van der Waals surface area contributed by atoms with Crippen LogP contribution in [0.3, 0.4) is 0 Å². The summed E-state index contributed by atoms with van der Waals surface area (Å²) in [4.78, 5) is 0. The Morgan fingerprint density at radius 1 is 1.33 bits per heavy atom. The highest BCUT2D eigenvalue weighted by Crippen LogP contribution is 1.78. The molecular weight excluding hydrogens is 72.1 g/mol. The van der Waals surface area contributed by atoms with E-state index in [4.69, 9.17) is 1.37 Å². The van der Waals surface area contributed by atoms with E-state index in [-0.39, 0.29) is 0 Å². The molecule has 0 heteroatoms. The predicted molar refractivity (Wildman–Crippen MR) is 25.3 cm³/mol. The number of benzene rings is 1. The SMILES string of the molecule is [2H]c1[c]cccc1. The summed E-state index contributed by atoms with van der Waals surface area (Å²) in [5.74, 6) is 0. The molecule has 1 aromatic rings. The molecule has 0 nitrogen and oxygen atoms in total. The Kier molecular flexibility index (Phi) is 0.643. The van der Waals surface area contributed by atoms with Crippen molar-refractivity contribution in [1.82, 2.24) is 0 Å². The van der Waals surface area contributed by atoms with Crippen molar-refractivity contribution in [3.8, 4) is 0 Å². The summed E-state index contributed by atoms with van der Waals surface area (Å²) in [5.41, 5.74) is 0. The number of rotatable bonds is 0. The van der Waals surface area contributed by atoms with Crippen LogP contribution in [0.5, 0.6) is 0 Å². The van der Waals surface area contributed by atoms with Crippen molar-refractivity contribution >= 4 is 0 Å². The fraction of sp³-hybridized carbons (Fsp3) is 0. The van der Waals surface area contributed by atoms with Crippen molar-refractivity contribution in [1.29, 1.82) is 0 Å². The lowest BCUT2D eigenvalue weighted by atomic mass is 10.4. The van der Waals surface area contributed by atoms with Crippen molar-refractivity contribution in [2.45, 2.75) is 0 Å². The van der Waals surface area contributed by atoms with Gasteiger partial charge in [0, 0.05) is 0 Å². The average molecular weight is 78.1 g/mol. The largest absolute Gasteiger partial charge is 0.0629 e. The molecule has 0 N–H and O–H groups in total. The van der Waals surface area contributed by atoms with Crippen LogP contribution in [-0.2, 0) is 0 Å². The van der Waals surface area contributed by atoms with Gasteiger partial charge in [0.15, 0.2) is 0 Å². The van der Waals surface area contributed by atoms with Crippen LogP contribution in [0.2, 0.25) is 0 Å². The Balaban J connectivity index is 3.02. The molecule has 1 radical (unpaired) electrons. The maximum atomic E-state index is 6.94. The van der Waals surface area contributed by atoms with E-state index in [1.807, 2.05) is 12.1 Å². The van der Waals surface area contributed by atoms with Gasteiger partial charge in [-0.25, -0.2) is 0 Å². The van der Waals surface area contributed by atoms with Crippen molar-refractivity contribution in [2.75, 3.05) is 0 Å². The summed E-state index contributed by atoms with van der Waals surface area (Å²) in [6.07, 6.45) is 0. The van der Waals surface area contributed by atoms with E-state index in [2.05, 4.69) is 6.07 Å². The summed E-state index contributed by atoms with van der Waals surface area (Å²) < 4.78 is 6.94. The molecule has 0 spiro atoms. The van der Waals surface area contributed by atoms with Gasteiger partial charge in [-0.3, -0.25) is 0 Å². The second-order valence-electron chi connectivity index (χ2n) is 1.01. The van der Waals surface area contributed by atoms with Gasteiger partial charge in [-0.2, -0.15) is 0 Å². The van der Waals surface area contributed by atoms with Crippen LogP contribution in [0.25, 0.3) is 0 Å². The van der Waals surface area contributed by atoms with Gasteiger partial charge in [0.2, 0.25) is 0 Å². The molecule has 0 aromatic heterocycles. The van der Waals surface area contributed by atoms with Crippen molar-refractivity contribution in [3.63, 3.8) is 0 Å². The Hall–Kier alpha value is -0.780. The first-order chi connectivity index (χ1) is 3.39. The van der Waals surface area contributed by atoms with Crippen molar-refractivity contribution < 1.29 is 1.37 Å². The minimum absolute atomic E-state index is 0.447. The Bertz CT molecular complexity index is 134. The molecule has 0 amide bonds. The van der Waals surface area contributed by atoms with Gasteiger partial charge < -0.3 is 0 Å². The third-order valence-electron chi connectivity index (χ3n) is 0.554. The van der Waals surface area contributed by atoms with E-state index in [9.17, 15) is 0 Å². The summed E-state index contributed by atoms with van der Waals surface area (Å²) in [6.45, 7) is 0. The van der Waals surface area contributed by atoms with Crippen LogP contribution < -0.4 is 0 Å². The molecule has 0 bridgehead atoms. The van der Waals surface area contributed by atoms with Gasteiger partial charge in [0.25, 0.3) is 0 Å². The molecule has 0 saturated carbocycles. The van der Waals surface area contributed by atoms with Crippen LogP contribution in [0.15, 0.2) is 30.3 Å². The zero-order valence-corrected chi connectivity index (χ0v) is 3.31. The van der Waals surface area contributed by atoms with E-state index >= 15 is 0 Å². The van der Waals surface area contributed by atoms with Crippen molar-refractivity contribution in [2.24, 2.45) is 0 Å². The van der Waals surface area contributed by atoms with Crippen LogP contribution in [0, 0.1) is 6.07 Å². The van der Waals surface area contributed by atoms with Gasteiger partial charge in [-0.15, -0.1) is 0 Å². The highest BCUT2D eigenvalue weighted by Gasteiger charge is 1.58. The molecule has 6 heavy (non-hydrogen) atoms. The van der Waals surface area contributed by atoms with E-state index in [1.165, 1.54) is 0 Å². The van der Waals surface area contributed by atoms with Crippen molar-refractivity contribution in [3.05, 3.63) is 36.4 Å². The Labute approximate surface area is 38.8 Å². The highest BCUT2D eigenvalue weighted by molar-refractivity contribution is 4.97. The Morgan fingerprint density at radius 3 is 2.67 bits per heavy atom. The lowest BCUT2D eigenvalue weighted by molar-refractivity contribution is 1.70. The molecule has 0 aliphatic carbocycles.